The molecule has 1 amide bonds. The Bertz CT molecular complexity index is 718. The van der Waals surface area contributed by atoms with E-state index in [0.717, 1.165) is 37.0 Å². The SMILES string of the molecule is CCC#CC[C@@H](C)[C@H](O)CCC1CCC(=O)N1CCCc1ccc(C(=O)O)s1. The molecule has 28 heavy (non-hydrogen) atoms. The van der Waals surface area contributed by atoms with Crippen LogP contribution in [0.2, 0.25) is 0 Å². The number of nitrogens with zero attached hydrogens (tertiary/aromatic N) is 1. The van der Waals surface area contributed by atoms with Crippen molar-refractivity contribution < 1.29 is 19.8 Å². The number of hydrogen-bond acceptors (Lipinski definition) is 4. The van der Waals surface area contributed by atoms with Gasteiger partial charge in [-0.3, -0.25) is 4.79 Å². The Morgan fingerprint density at radius 3 is 2.86 bits per heavy atom. The van der Waals surface area contributed by atoms with Crippen LogP contribution < -0.4 is 0 Å². The van der Waals surface area contributed by atoms with Crippen LogP contribution in [0.5, 0.6) is 0 Å². The summed E-state index contributed by atoms with van der Waals surface area (Å²) in [5, 5.41) is 19.4. The minimum atomic E-state index is -0.889. The number of aromatic carboxylic acids is 1. The number of rotatable bonds is 10. The quantitative estimate of drug-likeness (QED) is 0.578. The van der Waals surface area contributed by atoms with Crippen LogP contribution in [0.4, 0.5) is 0 Å². The van der Waals surface area contributed by atoms with E-state index < -0.39 is 5.97 Å². The molecule has 0 aromatic carbocycles. The third-order valence-electron chi connectivity index (χ3n) is 5.33. The Kier molecular flexibility index (Phi) is 9.01. The number of carbonyl (C=O) groups excluding carboxylic acids is 1. The first-order valence-corrected chi connectivity index (χ1v) is 11.0. The molecule has 0 radical (unpaired) electrons. The van der Waals surface area contributed by atoms with Gasteiger partial charge in [0.1, 0.15) is 4.88 Å². The van der Waals surface area contributed by atoms with Gasteiger partial charge in [-0.2, -0.15) is 0 Å². The zero-order valence-electron chi connectivity index (χ0n) is 16.8. The highest BCUT2D eigenvalue weighted by molar-refractivity contribution is 7.13. The van der Waals surface area contributed by atoms with Crippen molar-refractivity contribution in [2.24, 2.45) is 5.92 Å². The number of hydrogen-bond donors (Lipinski definition) is 2. The van der Waals surface area contributed by atoms with E-state index >= 15 is 0 Å². The van der Waals surface area contributed by atoms with Crippen molar-refractivity contribution in [2.75, 3.05) is 6.54 Å². The highest BCUT2D eigenvalue weighted by atomic mass is 32.1. The van der Waals surface area contributed by atoms with Gasteiger partial charge in [0.05, 0.1) is 6.10 Å². The van der Waals surface area contributed by atoms with Crippen molar-refractivity contribution in [3.8, 4) is 11.8 Å². The average molecular weight is 406 g/mol. The van der Waals surface area contributed by atoms with E-state index in [2.05, 4.69) is 11.8 Å². The third-order valence-corrected chi connectivity index (χ3v) is 6.46. The average Bonchev–Trinajstić information content (AvgIpc) is 3.27. The van der Waals surface area contributed by atoms with Crippen LogP contribution in [0.15, 0.2) is 12.1 Å². The van der Waals surface area contributed by atoms with Crippen LogP contribution in [-0.2, 0) is 11.2 Å². The van der Waals surface area contributed by atoms with Crippen LogP contribution in [-0.4, -0.2) is 45.7 Å². The summed E-state index contributed by atoms with van der Waals surface area (Å²) in [6, 6.07) is 3.70. The molecule has 0 saturated carbocycles. The Balaban J connectivity index is 1.77. The van der Waals surface area contributed by atoms with Crippen LogP contribution in [0, 0.1) is 17.8 Å². The van der Waals surface area contributed by atoms with Gasteiger partial charge in [-0.05, 0) is 50.2 Å². The molecular weight excluding hydrogens is 374 g/mol. The van der Waals surface area contributed by atoms with E-state index in [1.54, 1.807) is 6.07 Å². The summed E-state index contributed by atoms with van der Waals surface area (Å²) in [5.74, 6) is 5.59. The standard InChI is InChI=1S/C22H31NO4S/c1-3-4-5-7-16(2)19(24)12-9-17-10-14-21(25)23(17)15-6-8-18-11-13-20(28-18)22(26)27/h11,13,16-17,19,24H,3,6-10,12,14-15H2,1-2H3,(H,26,27)/t16-,17?,19-/m1/s1. The molecule has 2 rings (SSSR count). The van der Waals surface area contributed by atoms with Crippen LogP contribution in [0.25, 0.3) is 0 Å². The Morgan fingerprint density at radius 1 is 1.39 bits per heavy atom. The number of thiophene rings is 1. The van der Waals surface area contributed by atoms with Crippen LogP contribution >= 0.6 is 11.3 Å². The molecule has 2 N–H and O–H groups in total. The van der Waals surface area contributed by atoms with Gasteiger partial charge in [0.25, 0.3) is 0 Å². The number of carboxylic acids is 1. The largest absolute Gasteiger partial charge is 0.477 e. The maximum atomic E-state index is 12.2. The van der Waals surface area contributed by atoms with Gasteiger partial charge in [-0.25, -0.2) is 4.79 Å². The molecule has 1 aromatic heterocycles. The summed E-state index contributed by atoms with van der Waals surface area (Å²) in [7, 11) is 0. The van der Waals surface area contributed by atoms with Crippen molar-refractivity contribution in [2.45, 2.75) is 77.4 Å². The summed E-state index contributed by atoms with van der Waals surface area (Å²) in [5.41, 5.74) is 0. The zero-order chi connectivity index (χ0) is 20.5. The summed E-state index contributed by atoms with van der Waals surface area (Å²) in [4.78, 5) is 26.6. The van der Waals surface area contributed by atoms with Gasteiger partial charge in [0.15, 0.2) is 0 Å². The third kappa shape index (κ3) is 6.65. The lowest BCUT2D eigenvalue weighted by Gasteiger charge is -2.26. The predicted octanol–water partition coefficient (Wildman–Crippen LogP) is 3.95. The topological polar surface area (TPSA) is 77.8 Å². The number of aliphatic hydroxyl groups is 1. The molecule has 0 aliphatic carbocycles. The fourth-order valence-electron chi connectivity index (χ4n) is 3.59. The number of likely N-dealkylation sites (tertiary alicyclic amines) is 1. The molecule has 1 aliphatic rings. The summed E-state index contributed by atoms with van der Waals surface area (Å²) in [6.45, 7) is 4.74. The second kappa shape index (κ2) is 11.2. The molecular formula is C22H31NO4S. The van der Waals surface area contributed by atoms with Crippen molar-refractivity contribution in [3.63, 3.8) is 0 Å². The zero-order valence-corrected chi connectivity index (χ0v) is 17.6. The maximum Gasteiger partial charge on any atom is 0.345 e. The molecule has 0 spiro atoms. The van der Waals surface area contributed by atoms with E-state index in [1.165, 1.54) is 11.3 Å². The van der Waals surface area contributed by atoms with Crippen molar-refractivity contribution >= 4 is 23.2 Å². The van der Waals surface area contributed by atoms with Crippen LogP contribution in [0.1, 0.15) is 73.3 Å². The Morgan fingerprint density at radius 2 is 2.18 bits per heavy atom. The van der Waals surface area contributed by atoms with Gasteiger partial charge in [0, 0.05) is 36.7 Å². The molecule has 6 heteroatoms. The molecule has 1 aromatic rings. The van der Waals surface area contributed by atoms with Gasteiger partial charge < -0.3 is 15.1 Å². The first-order valence-electron chi connectivity index (χ1n) is 10.2. The minimum absolute atomic E-state index is 0.145. The first-order chi connectivity index (χ1) is 13.4. The van der Waals surface area contributed by atoms with Gasteiger partial charge in [0.2, 0.25) is 5.91 Å². The monoisotopic (exact) mass is 405 g/mol. The van der Waals surface area contributed by atoms with Gasteiger partial charge in [-0.1, -0.05) is 13.8 Å². The summed E-state index contributed by atoms with van der Waals surface area (Å²) in [6.07, 6.45) is 5.73. The molecule has 1 aliphatic heterocycles. The number of aryl methyl sites for hydroxylation is 1. The van der Waals surface area contributed by atoms with Crippen LogP contribution in [0.3, 0.4) is 0 Å². The maximum absolute atomic E-state index is 12.2. The van der Waals surface area contributed by atoms with Crippen molar-refractivity contribution in [1.29, 1.82) is 0 Å². The lowest BCUT2D eigenvalue weighted by Crippen LogP contribution is -2.35. The summed E-state index contributed by atoms with van der Waals surface area (Å²) >= 11 is 1.30. The second-order valence-electron chi connectivity index (χ2n) is 7.49. The molecule has 2 heterocycles. The Hall–Kier alpha value is -1.84. The number of aliphatic hydroxyl groups excluding tert-OH is 1. The molecule has 1 fully saturated rings. The normalized spacial score (nSPS) is 18.6. The molecule has 0 bridgehead atoms. The fraction of sp³-hybridized carbons (Fsp3) is 0.636. The van der Waals surface area contributed by atoms with E-state index in [-0.39, 0.29) is 24.0 Å². The second-order valence-corrected chi connectivity index (χ2v) is 8.66. The highest BCUT2D eigenvalue weighted by Gasteiger charge is 2.31. The number of amides is 1. The van der Waals surface area contributed by atoms with Gasteiger partial charge >= 0.3 is 5.97 Å². The minimum Gasteiger partial charge on any atom is -0.477 e. The lowest BCUT2D eigenvalue weighted by atomic mass is 9.95. The molecule has 5 nitrogen and oxygen atoms in total. The van der Waals surface area contributed by atoms with E-state index in [1.807, 2.05) is 24.8 Å². The molecule has 1 unspecified atom stereocenters. The van der Waals surface area contributed by atoms with E-state index in [9.17, 15) is 14.7 Å². The highest BCUT2D eigenvalue weighted by Crippen LogP contribution is 2.26. The Labute approximate surface area is 171 Å². The smallest absolute Gasteiger partial charge is 0.345 e. The van der Waals surface area contributed by atoms with E-state index in [4.69, 9.17) is 5.11 Å². The molecule has 1 saturated heterocycles. The predicted molar refractivity (Wildman–Crippen MR) is 111 cm³/mol. The molecule has 3 atom stereocenters. The fourth-order valence-corrected chi connectivity index (χ4v) is 4.48. The first kappa shape index (κ1) is 22.4. The van der Waals surface area contributed by atoms with Gasteiger partial charge in [-0.15, -0.1) is 23.2 Å². The van der Waals surface area contributed by atoms with Crippen molar-refractivity contribution in [3.05, 3.63) is 21.9 Å². The molecule has 154 valence electrons. The number of carboxylic acid groups (broad SMARTS) is 1. The van der Waals surface area contributed by atoms with Crippen molar-refractivity contribution in [1.82, 2.24) is 4.90 Å². The summed E-state index contributed by atoms with van der Waals surface area (Å²) < 4.78 is 0. The van der Waals surface area contributed by atoms with E-state index in [0.29, 0.717) is 30.7 Å². The lowest BCUT2D eigenvalue weighted by molar-refractivity contribution is -0.129. The number of carbonyl (C=O) groups is 2.